The van der Waals surface area contributed by atoms with Crippen LogP contribution in [0.4, 0.5) is 0 Å². The molecule has 2 atom stereocenters. The molecule has 138 valence electrons. The highest BCUT2D eigenvalue weighted by atomic mass is 35.5. The number of hydrogen-bond donors (Lipinski definition) is 4. The van der Waals surface area contributed by atoms with Gasteiger partial charge in [0.15, 0.2) is 0 Å². The van der Waals surface area contributed by atoms with Crippen LogP contribution in [-0.4, -0.2) is 33.2 Å². The van der Waals surface area contributed by atoms with E-state index in [0.29, 0.717) is 18.4 Å². The van der Waals surface area contributed by atoms with Crippen LogP contribution >= 0.6 is 11.6 Å². The average molecular weight is 378 g/mol. The second kappa shape index (κ2) is 8.69. The molecule has 6 nitrogen and oxygen atoms in total. The molecule has 26 heavy (non-hydrogen) atoms. The van der Waals surface area contributed by atoms with Gasteiger partial charge < -0.3 is 20.6 Å². The lowest BCUT2D eigenvalue weighted by atomic mass is 10.0. The quantitative estimate of drug-likeness (QED) is 0.593. The number of aliphatic carboxylic acids is 1. The average Bonchev–Trinajstić information content (AvgIpc) is 2.59. The second-order valence-corrected chi connectivity index (χ2v) is 6.40. The van der Waals surface area contributed by atoms with E-state index in [-0.39, 0.29) is 16.3 Å². The molecule has 0 aliphatic carbocycles. The molecule has 0 heterocycles. The van der Waals surface area contributed by atoms with Crippen LogP contribution in [0.15, 0.2) is 42.5 Å². The van der Waals surface area contributed by atoms with Crippen molar-refractivity contribution < 1.29 is 24.9 Å². The van der Waals surface area contributed by atoms with E-state index in [0.717, 1.165) is 5.56 Å². The summed E-state index contributed by atoms with van der Waals surface area (Å²) in [5, 5.41) is 31.1. The van der Waals surface area contributed by atoms with Crippen LogP contribution in [0.1, 0.15) is 40.9 Å². The number of hydrogen-bond acceptors (Lipinski definition) is 4. The fourth-order valence-corrected chi connectivity index (χ4v) is 2.73. The predicted molar refractivity (Wildman–Crippen MR) is 97.4 cm³/mol. The van der Waals surface area contributed by atoms with E-state index >= 15 is 0 Å². The minimum atomic E-state index is -1.13. The molecule has 0 aliphatic heterocycles. The summed E-state index contributed by atoms with van der Waals surface area (Å²) < 4.78 is 0. The van der Waals surface area contributed by atoms with Crippen molar-refractivity contribution in [3.05, 3.63) is 64.2 Å². The number of aliphatic hydroxyl groups is 1. The first-order chi connectivity index (χ1) is 12.3. The molecule has 0 spiro atoms. The zero-order valence-electron chi connectivity index (χ0n) is 14.1. The van der Waals surface area contributed by atoms with Gasteiger partial charge in [0.25, 0.3) is 5.91 Å². The number of phenolic OH excluding ortho intramolecular Hbond substituents is 1. The van der Waals surface area contributed by atoms with Crippen LogP contribution in [0.25, 0.3) is 0 Å². The van der Waals surface area contributed by atoms with E-state index in [1.807, 2.05) is 0 Å². The number of carboxylic acids is 1. The Labute approximate surface area is 156 Å². The molecule has 0 fully saturated rings. The first-order valence-corrected chi connectivity index (χ1v) is 8.45. The van der Waals surface area contributed by atoms with Crippen molar-refractivity contribution in [2.75, 3.05) is 0 Å². The Morgan fingerprint density at radius 3 is 2.54 bits per heavy atom. The summed E-state index contributed by atoms with van der Waals surface area (Å²) in [6, 6.07) is 10.3. The standard InChI is InChI=1S/C19H20ClNO5/c1-11(19(25)26)21-18(24)15-7-5-12(9-16(15)20)6-8-17(23)13-3-2-4-14(22)10-13/h2-5,7,9-11,17,22-23H,6,8H2,1H3,(H,21,24)(H,25,26)/t11-,17?/m0/s1. The first-order valence-electron chi connectivity index (χ1n) is 8.07. The van der Waals surface area contributed by atoms with Crippen molar-refractivity contribution in [2.45, 2.75) is 31.9 Å². The number of carbonyl (C=O) groups is 2. The molecule has 0 aromatic heterocycles. The molecule has 2 aromatic rings. The largest absolute Gasteiger partial charge is 0.508 e. The van der Waals surface area contributed by atoms with E-state index in [4.69, 9.17) is 16.7 Å². The van der Waals surface area contributed by atoms with E-state index in [9.17, 15) is 19.8 Å². The van der Waals surface area contributed by atoms with E-state index in [1.54, 1.807) is 24.3 Å². The fraction of sp³-hybridized carbons (Fsp3) is 0.263. The van der Waals surface area contributed by atoms with Gasteiger partial charge in [0.2, 0.25) is 0 Å². The summed E-state index contributed by atoms with van der Waals surface area (Å²) in [4.78, 5) is 22.9. The molecule has 7 heteroatoms. The normalized spacial score (nSPS) is 13.0. The van der Waals surface area contributed by atoms with Crippen LogP contribution < -0.4 is 5.32 Å². The number of aromatic hydroxyl groups is 1. The minimum absolute atomic E-state index is 0.0931. The summed E-state index contributed by atoms with van der Waals surface area (Å²) in [5.41, 5.74) is 1.64. The van der Waals surface area contributed by atoms with Crippen molar-refractivity contribution >= 4 is 23.5 Å². The Morgan fingerprint density at radius 2 is 1.92 bits per heavy atom. The number of carbonyl (C=O) groups excluding carboxylic acids is 1. The Morgan fingerprint density at radius 1 is 1.19 bits per heavy atom. The number of halogens is 1. The van der Waals surface area contributed by atoms with Crippen LogP contribution in [0, 0.1) is 0 Å². The Bertz CT molecular complexity index is 808. The Hall–Kier alpha value is -2.57. The van der Waals surface area contributed by atoms with E-state index < -0.39 is 24.0 Å². The lowest BCUT2D eigenvalue weighted by molar-refractivity contribution is -0.138. The molecule has 0 saturated heterocycles. The molecule has 0 radical (unpaired) electrons. The van der Waals surface area contributed by atoms with Gasteiger partial charge in [-0.15, -0.1) is 0 Å². The van der Waals surface area contributed by atoms with Gasteiger partial charge in [0.05, 0.1) is 16.7 Å². The molecule has 1 unspecified atom stereocenters. The molecule has 0 aliphatic rings. The summed E-state index contributed by atoms with van der Waals surface area (Å²) in [6.45, 7) is 1.37. The third-order valence-electron chi connectivity index (χ3n) is 3.96. The molecule has 2 aromatic carbocycles. The summed E-state index contributed by atoms with van der Waals surface area (Å²) in [7, 11) is 0. The third kappa shape index (κ3) is 5.21. The van der Waals surface area contributed by atoms with Crippen molar-refractivity contribution in [3.8, 4) is 5.75 Å². The number of aryl methyl sites for hydroxylation is 1. The maximum absolute atomic E-state index is 12.1. The number of carboxylic acid groups (broad SMARTS) is 1. The van der Waals surface area contributed by atoms with Gasteiger partial charge in [0, 0.05) is 0 Å². The number of phenols is 1. The summed E-state index contributed by atoms with van der Waals surface area (Å²) in [6.07, 6.45) is 0.200. The first kappa shape index (κ1) is 19.8. The maximum Gasteiger partial charge on any atom is 0.325 e. The molecule has 0 saturated carbocycles. The summed E-state index contributed by atoms with van der Waals surface area (Å²) in [5.74, 6) is -1.60. The molecular formula is C19H20ClNO5. The van der Waals surface area contributed by atoms with Gasteiger partial charge in [-0.2, -0.15) is 0 Å². The Kier molecular flexibility index (Phi) is 6.60. The monoisotopic (exact) mass is 377 g/mol. The Balaban J connectivity index is 2.00. The highest BCUT2D eigenvalue weighted by Crippen LogP contribution is 2.24. The number of rotatable bonds is 7. The van der Waals surface area contributed by atoms with Crippen molar-refractivity contribution in [1.82, 2.24) is 5.32 Å². The number of nitrogens with one attached hydrogen (secondary N) is 1. The molecule has 2 rings (SSSR count). The molecule has 0 bridgehead atoms. The number of aliphatic hydroxyl groups excluding tert-OH is 1. The van der Waals surface area contributed by atoms with Gasteiger partial charge in [0.1, 0.15) is 11.8 Å². The SMILES string of the molecule is C[C@H](NC(=O)c1ccc(CCC(O)c2cccc(O)c2)cc1Cl)C(=O)O. The lowest BCUT2D eigenvalue weighted by Crippen LogP contribution is -2.38. The second-order valence-electron chi connectivity index (χ2n) is 6.00. The predicted octanol–water partition coefficient (Wildman–Crippen LogP) is 2.91. The highest BCUT2D eigenvalue weighted by Gasteiger charge is 2.17. The molecule has 4 N–H and O–H groups in total. The van der Waals surface area contributed by atoms with Gasteiger partial charge in [-0.05, 0) is 55.2 Å². The van der Waals surface area contributed by atoms with E-state index in [2.05, 4.69) is 5.32 Å². The van der Waals surface area contributed by atoms with Crippen LogP contribution in [0.5, 0.6) is 5.75 Å². The summed E-state index contributed by atoms with van der Waals surface area (Å²) >= 11 is 6.14. The van der Waals surface area contributed by atoms with Gasteiger partial charge in [-0.1, -0.05) is 29.8 Å². The van der Waals surface area contributed by atoms with Crippen molar-refractivity contribution in [1.29, 1.82) is 0 Å². The van der Waals surface area contributed by atoms with E-state index in [1.165, 1.54) is 25.1 Å². The number of amides is 1. The van der Waals surface area contributed by atoms with Crippen molar-refractivity contribution in [2.24, 2.45) is 0 Å². The van der Waals surface area contributed by atoms with Crippen LogP contribution in [0.2, 0.25) is 5.02 Å². The van der Waals surface area contributed by atoms with Crippen molar-refractivity contribution in [3.63, 3.8) is 0 Å². The highest BCUT2D eigenvalue weighted by molar-refractivity contribution is 6.34. The van der Waals surface area contributed by atoms with Gasteiger partial charge >= 0.3 is 5.97 Å². The molecular weight excluding hydrogens is 358 g/mol. The van der Waals surface area contributed by atoms with Gasteiger partial charge in [-0.25, -0.2) is 0 Å². The lowest BCUT2D eigenvalue weighted by Gasteiger charge is -2.13. The third-order valence-corrected chi connectivity index (χ3v) is 4.27. The zero-order chi connectivity index (χ0) is 19.3. The topological polar surface area (TPSA) is 107 Å². The smallest absolute Gasteiger partial charge is 0.325 e. The minimum Gasteiger partial charge on any atom is -0.508 e. The fourth-order valence-electron chi connectivity index (χ4n) is 2.44. The number of benzene rings is 2. The van der Waals surface area contributed by atoms with Gasteiger partial charge in [-0.3, -0.25) is 9.59 Å². The van der Waals surface area contributed by atoms with Crippen LogP contribution in [-0.2, 0) is 11.2 Å². The van der Waals surface area contributed by atoms with Crippen LogP contribution in [0.3, 0.4) is 0 Å². The zero-order valence-corrected chi connectivity index (χ0v) is 14.9. The maximum atomic E-state index is 12.1. The molecule has 1 amide bonds.